The summed E-state index contributed by atoms with van der Waals surface area (Å²) in [6.07, 6.45) is 1.53. The molecule has 2 bridgehead atoms. The van der Waals surface area contributed by atoms with E-state index in [1.54, 1.807) is 0 Å². The topological polar surface area (TPSA) is 105 Å². The molecule has 8 atom stereocenters. The SMILES string of the molecule is C[C@@H]1C=CCCCS[C@H]2O[C@@H]([C@H](O)[C@H](O)[C@H]2O)[C@@H]1N[S+]([O-])C(C)(C)C. The third kappa shape index (κ3) is 5.35. The minimum Gasteiger partial charge on any atom is -0.598 e. The van der Waals surface area contributed by atoms with Gasteiger partial charge in [-0.25, -0.2) is 0 Å². The van der Waals surface area contributed by atoms with Gasteiger partial charge in [-0.2, -0.15) is 0 Å². The van der Waals surface area contributed by atoms with Gasteiger partial charge in [0.2, 0.25) is 0 Å². The van der Waals surface area contributed by atoms with Crippen LogP contribution < -0.4 is 4.72 Å². The lowest BCUT2D eigenvalue weighted by atomic mass is 9.88. The Balaban J connectivity index is 2.30. The van der Waals surface area contributed by atoms with E-state index < -0.39 is 52.0 Å². The van der Waals surface area contributed by atoms with Crippen LogP contribution in [0, 0.1) is 5.92 Å². The van der Waals surface area contributed by atoms with Crippen LogP contribution in [0.2, 0.25) is 0 Å². The Hall–Kier alpha value is 0.200. The van der Waals surface area contributed by atoms with Crippen LogP contribution in [0.15, 0.2) is 12.2 Å². The molecular formula is C17H31NO5S2. The zero-order valence-electron chi connectivity index (χ0n) is 15.3. The van der Waals surface area contributed by atoms with E-state index in [9.17, 15) is 19.9 Å². The minimum absolute atomic E-state index is 0.0582. The van der Waals surface area contributed by atoms with Crippen LogP contribution in [0.3, 0.4) is 0 Å². The molecule has 2 heterocycles. The van der Waals surface area contributed by atoms with E-state index >= 15 is 0 Å². The smallest absolute Gasteiger partial charge is 0.136 e. The van der Waals surface area contributed by atoms with Gasteiger partial charge in [-0.1, -0.05) is 19.1 Å². The van der Waals surface area contributed by atoms with Gasteiger partial charge in [-0.15, -0.1) is 16.5 Å². The Morgan fingerprint density at radius 1 is 1.20 bits per heavy atom. The number of fused-ring (bicyclic) bond motifs is 2. The molecule has 0 spiro atoms. The highest BCUT2D eigenvalue weighted by atomic mass is 32.2. The minimum atomic E-state index is -1.35. The summed E-state index contributed by atoms with van der Waals surface area (Å²) in [7, 11) is 0. The van der Waals surface area contributed by atoms with Crippen LogP contribution in [0.1, 0.15) is 40.5 Å². The second-order valence-electron chi connectivity index (χ2n) is 7.77. The number of thioether (sulfide) groups is 1. The number of hydrogen-bond acceptors (Lipinski definition) is 7. The van der Waals surface area contributed by atoms with E-state index in [4.69, 9.17) is 4.74 Å². The average molecular weight is 394 g/mol. The van der Waals surface area contributed by atoms with Crippen molar-refractivity contribution >= 4 is 23.1 Å². The average Bonchev–Trinajstić information content (AvgIpc) is 2.56. The molecule has 0 aromatic rings. The number of aliphatic hydroxyl groups is 3. The molecule has 2 aliphatic heterocycles. The van der Waals surface area contributed by atoms with Crippen molar-refractivity contribution in [3.63, 3.8) is 0 Å². The van der Waals surface area contributed by atoms with E-state index in [2.05, 4.69) is 10.8 Å². The van der Waals surface area contributed by atoms with Gasteiger partial charge in [0.05, 0.1) is 6.04 Å². The molecule has 0 aromatic heterocycles. The highest BCUT2D eigenvalue weighted by Gasteiger charge is 2.49. The first-order valence-corrected chi connectivity index (χ1v) is 11.0. The second kappa shape index (κ2) is 8.93. The first-order valence-electron chi connectivity index (χ1n) is 8.79. The molecule has 8 heteroatoms. The highest BCUT2D eigenvalue weighted by molar-refractivity contribution is 7.99. The Labute approximate surface area is 157 Å². The fraction of sp³-hybridized carbons (Fsp3) is 0.882. The number of hydrogen-bond donors (Lipinski definition) is 4. The van der Waals surface area contributed by atoms with Crippen molar-refractivity contribution in [3.8, 4) is 0 Å². The van der Waals surface area contributed by atoms with Crippen molar-refractivity contribution < 1.29 is 24.6 Å². The molecule has 0 radical (unpaired) electrons. The molecule has 0 saturated carbocycles. The molecule has 2 rings (SSSR count). The zero-order chi connectivity index (χ0) is 18.8. The number of nitrogens with one attached hydrogen (secondary N) is 1. The third-order valence-electron chi connectivity index (χ3n) is 4.56. The van der Waals surface area contributed by atoms with E-state index in [-0.39, 0.29) is 5.92 Å². The summed E-state index contributed by atoms with van der Waals surface area (Å²) in [5.41, 5.74) is -0.610. The van der Waals surface area contributed by atoms with Gasteiger partial charge in [-0.3, -0.25) is 0 Å². The summed E-state index contributed by atoms with van der Waals surface area (Å²) in [6.45, 7) is 7.59. The fourth-order valence-corrected chi connectivity index (χ4v) is 4.99. The number of allylic oxidation sites excluding steroid dienone is 1. The molecule has 6 nitrogen and oxygen atoms in total. The molecule has 1 fully saturated rings. The standard InChI is InChI=1S/C17H31NO5S2/c1-10-8-6-5-7-9-24-16-14(21)12(19)13(20)15(23-16)11(10)18-25(22)17(2,3)4/h6,8,10-16,18-21H,5,7,9H2,1-4H3/t10-,11-,12+,13-,14-,15-,16-,25?/m1/s1. The van der Waals surface area contributed by atoms with Gasteiger partial charge in [0.25, 0.3) is 0 Å². The van der Waals surface area contributed by atoms with Gasteiger partial charge in [-0.05, 0) is 45.3 Å². The monoisotopic (exact) mass is 393 g/mol. The van der Waals surface area contributed by atoms with Crippen LogP contribution in [0.4, 0.5) is 0 Å². The van der Waals surface area contributed by atoms with Gasteiger partial charge >= 0.3 is 0 Å². The summed E-state index contributed by atoms with van der Waals surface area (Å²) in [5.74, 6) is 0.735. The predicted molar refractivity (Wildman–Crippen MR) is 101 cm³/mol. The van der Waals surface area contributed by atoms with Crippen molar-refractivity contribution in [2.24, 2.45) is 5.92 Å². The van der Waals surface area contributed by atoms with Crippen molar-refractivity contribution in [1.29, 1.82) is 0 Å². The summed E-state index contributed by atoms with van der Waals surface area (Å²) < 4.78 is 21.2. The van der Waals surface area contributed by atoms with Gasteiger partial charge in [0, 0.05) is 11.4 Å². The van der Waals surface area contributed by atoms with E-state index in [0.29, 0.717) is 0 Å². The lowest BCUT2D eigenvalue weighted by molar-refractivity contribution is -0.205. The van der Waals surface area contributed by atoms with Crippen molar-refractivity contribution in [2.75, 3.05) is 5.75 Å². The van der Waals surface area contributed by atoms with Crippen LogP contribution in [-0.4, -0.2) is 66.3 Å². The Bertz CT molecular complexity index is 459. The fourth-order valence-electron chi connectivity index (χ4n) is 2.91. The van der Waals surface area contributed by atoms with Crippen molar-refractivity contribution in [1.82, 2.24) is 4.72 Å². The molecule has 0 aliphatic carbocycles. The third-order valence-corrected chi connectivity index (χ3v) is 7.40. The first kappa shape index (κ1) is 21.5. The number of ether oxygens (including phenoxy) is 1. The summed E-state index contributed by atoms with van der Waals surface area (Å²) in [5, 5.41) is 31.0. The maximum Gasteiger partial charge on any atom is 0.136 e. The summed E-state index contributed by atoms with van der Waals surface area (Å²) >= 11 is 0.0913. The molecule has 25 heavy (non-hydrogen) atoms. The summed E-state index contributed by atoms with van der Waals surface area (Å²) in [4.78, 5) is 0. The Kier molecular flexibility index (Phi) is 7.68. The molecule has 0 aromatic carbocycles. The molecule has 1 saturated heterocycles. The molecule has 4 N–H and O–H groups in total. The molecule has 146 valence electrons. The maximum absolute atomic E-state index is 12.6. The Morgan fingerprint density at radius 2 is 1.88 bits per heavy atom. The van der Waals surface area contributed by atoms with Gasteiger partial charge < -0.3 is 24.6 Å². The van der Waals surface area contributed by atoms with E-state index in [1.807, 2.05) is 33.8 Å². The molecular weight excluding hydrogens is 362 g/mol. The lowest BCUT2D eigenvalue weighted by Gasteiger charge is -2.44. The predicted octanol–water partition coefficient (Wildman–Crippen LogP) is 0.934. The number of aliphatic hydroxyl groups excluding tert-OH is 3. The first-order chi connectivity index (χ1) is 11.6. The van der Waals surface area contributed by atoms with E-state index in [1.165, 1.54) is 11.8 Å². The quantitative estimate of drug-likeness (QED) is 0.409. The summed E-state index contributed by atoms with van der Waals surface area (Å²) in [6, 6.07) is -0.449. The normalized spacial score (nSPS) is 41.8. The molecule has 2 aliphatic rings. The highest BCUT2D eigenvalue weighted by Crippen LogP contribution is 2.33. The van der Waals surface area contributed by atoms with E-state index in [0.717, 1.165) is 18.6 Å². The van der Waals surface area contributed by atoms with Crippen molar-refractivity contribution in [3.05, 3.63) is 12.2 Å². The van der Waals surface area contributed by atoms with Crippen LogP contribution in [0.5, 0.6) is 0 Å². The zero-order valence-corrected chi connectivity index (χ0v) is 16.9. The maximum atomic E-state index is 12.6. The molecule has 1 unspecified atom stereocenters. The van der Waals surface area contributed by atoms with Gasteiger partial charge in [0.15, 0.2) is 0 Å². The second-order valence-corrected chi connectivity index (χ2v) is 11.0. The van der Waals surface area contributed by atoms with Crippen LogP contribution in [-0.2, 0) is 16.1 Å². The Morgan fingerprint density at radius 3 is 2.52 bits per heavy atom. The number of rotatable bonds is 2. The van der Waals surface area contributed by atoms with Crippen LogP contribution >= 0.6 is 11.8 Å². The van der Waals surface area contributed by atoms with Gasteiger partial charge in [0.1, 0.15) is 34.6 Å². The lowest BCUT2D eigenvalue weighted by Crippen LogP contribution is -2.64. The molecule has 0 amide bonds. The van der Waals surface area contributed by atoms with Crippen LogP contribution in [0.25, 0.3) is 0 Å². The largest absolute Gasteiger partial charge is 0.598 e. The van der Waals surface area contributed by atoms with Crippen molar-refractivity contribution in [2.45, 2.75) is 81.2 Å².